The minimum Gasteiger partial charge on any atom is -0.378 e. The average molecular weight is 340 g/mol. The van der Waals surface area contributed by atoms with Gasteiger partial charge >= 0.3 is 0 Å². The topological polar surface area (TPSA) is 50.8 Å². The largest absolute Gasteiger partial charge is 0.378 e. The maximum Gasteiger partial charge on any atom is 0.191 e. The SMILES string of the molecule is CC(C)(CN=C(N)N1CCOCC1)c1cccc(Br)c1. The third-order valence-electron chi connectivity index (χ3n) is 3.58. The van der Waals surface area contributed by atoms with Gasteiger partial charge in [-0.1, -0.05) is 41.9 Å². The molecule has 110 valence electrons. The molecule has 20 heavy (non-hydrogen) atoms. The molecule has 0 radical (unpaired) electrons. The van der Waals surface area contributed by atoms with Crippen LogP contribution in [-0.2, 0) is 10.2 Å². The van der Waals surface area contributed by atoms with E-state index in [-0.39, 0.29) is 5.41 Å². The number of hydrogen-bond acceptors (Lipinski definition) is 2. The lowest BCUT2D eigenvalue weighted by Gasteiger charge is -2.29. The van der Waals surface area contributed by atoms with Crippen LogP contribution in [0.4, 0.5) is 0 Å². The first-order valence-corrected chi connectivity index (χ1v) is 7.67. The fraction of sp³-hybridized carbons (Fsp3) is 0.533. The molecule has 2 N–H and O–H groups in total. The number of aliphatic imine (C=N–C) groups is 1. The lowest BCUT2D eigenvalue weighted by molar-refractivity contribution is 0.0674. The van der Waals surface area contributed by atoms with Gasteiger partial charge in [0, 0.05) is 23.0 Å². The molecule has 1 heterocycles. The number of morpholine rings is 1. The van der Waals surface area contributed by atoms with Crippen LogP contribution in [0.15, 0.2) is 33.7 Å². The molecule has 1 fully saturated rings. The third-order valence-corrected chi connectivity index (χ3v) is 4.07. The number of benzene rings is 1. The van der Waals surface area contributed by atoms with E-state index in [2.05, 4.69) is 57.9 Å². The van der Waals surface area contributed by atoms with E-state index < -0.39 is 0 Å². The second-order valence-corrected chi connectivity index (χ2v) is 6.58. The minimum absolute atomic E-state index is 0.0410. The Kier molecular flexibility index (Phi) is 5.05. The van der Waals surface area contributed by atoms with E-state index in [1.165, 1.54) is 5.56 Å². The molecule has 2 rings (SSSR count). The zero-order valence-corrected chi connectivity index (χ0v) is 13.7. The average Bonchev–Trinajstić information content (AvgIpc) is 2.46. The van der Waals surface area contributed by atoms with Crippen molar-refractivity contribution in [2.24, 2.45) is 10.7 Å². The van der Waals surface area contributed by atoms with Crippen LogP contribution in [0.5, 0.6) is 0 Å². The van der Waals surface area contributed by atoms with Crippen LogP contribution in [-0.4, -0.2) is 43.7 Å². The highest BCUT2D eigenvalue weighted by Crippen LogP contribution is 2.26. The van der Waals surface area contributed by atoms with Gasteiger partial charge in [-0.2, -0.15) is 0 Å². The molecule has 0 saturated carbocycles. The van der Waals surface area contributed by atoms with Crippen molar-refractivity contribution < 1.29 is 4.74 Å². The summed E-state index contributed by atoms with van der Waals surface area (Å²) in [7, 11) is 0. The highest BCUT2D eigenvalue weighted by atomic mass is 79.9. The maximum absolute atomic E-state index is 6.07. The molecule has 0 aliphatic carbocycles. The van der Waals surface area contributed by atoms with Crippen molar-refractivity contribution in [2.75, 3.05) is 32.8 Å². The molecule has 0 unspecified atom stereocenters. The highest BCUT2D eigenvalue weighted by Gasteiger charge is 2.21. The summed E-state index contributed by atoms with van der Waals surface area (Å²) in [6.45, 7) is 8.15. The molecule has 0 atom stereocenters. The van der Waals surface area contributed by atoms with Crippen LogP contribution in [0.1, 0.15) is 19.4 Å². The molecule has 1 aromatic rings. The molecule has 1 saturated heterocycles. The van der Waals surface area contributed by atoms with Crippen molar-refractivity contribution >= 4 is 21.9 Å². The first-order chi connectivity index (χ1) is 9.49. The van der Waals surface area contributed by atoms with Gasteiger partial charge < -0.3 is 15.4 Å². The van der Waals surface area contributed by atoms with Crippen LogP contribution in [0.25, 0.3) is 0 Å². The van der Waals surface area contributed by atoms with Gasteiger partial charge in [-0.05, 0) is 17.7 Å². The zero-order chi connectivity index (χ0) is 14.6. The van der Waals surface area contributed by atoms with Gasteiger partial charge in [-0.25, -0.2) is 0 Å². The Balaban J connectivity index is 2.04. The number of nitrogens with zero attached hydrogens (tertiary/aromatic N) is 2. The monoisotopic (exact) mass is 339 g/mol. The number of rotatable bonds is 3. The molecule has 1 aliphatic heterocycles. The molecule has 1 aromatic carbocycles. The fourth-order valence-corrected chi connectivity index (χ4v) is 2.57. The van der Waals surface area contributed by atoms with Crippen LogP contribution in [0.3, 0.4) is 0 Å². The second kappa shape index (κ2) is 6.59. The van der Waals surface area contributed by atoms with E-state index in [4.69, 9.17) is 10.5 Å². The van der Waals surface area contributed by atoms with Crippen molar-refractivity contribution in [2.45, 2.75) is 19.3 Å². The molecule has 1 aliphatic rings. The van der Waals surface area contributed by atoms with Gasteiger partial charge in [0.25, 0.3) is 0 Å². The summed E-state index contributed by atoms with van der Waals surface area (Å²) in [6, 6.07) is 8.35. The molecule has 0 amide bonds. The third kappa shape index (κ3) is 3.96. The van der Waals surface area contributed by atoms with E-state index in [9.17, 15) is 0 Å². The molecular formula is C15H22BrN3O. The normalized spacial score (nSPS) is 17.4. The molecule has 0 spiro atoms. The van der Waals surface area contributed by atoms with Crippen LogP contribution in [0, 0.1) is 0 Å². The summed E-state index contributed by atoms with van der Waals surface area (Å²) >= 11 is 3.51. The molecule has 5 heteroatoms. The number of hydrogen-bond donors (Lipinski definition) is 1. The predicted molar refractivity (Wildman–Crippen MR) is 86.0 cm³/mol. The summed E-state index contributed by atoms with van der Waals surface area (Å²) in [5.74, 6) is 0.622. The van der Waals surface area contributed by atoms with Gasteiger partial charge in [-0.3, -0.25) is 4.99 Å². The lowest BCUT2D eigenvalue weighted by atomic mass is 9.85. The van der Waals surface area contributed by atoms with Gasteiger partial charge in [0.2, 0.25) is 0 Å². The van der Waals surface area contributed by atoms with Crippen LogP contribution in [0.2, 0.25) is 0 Å². The van der Waals surface area contributed by atoms with Crippen molar-refractivity contribution in [1.29, 1.82) is 0 Å². The van der Waals surface area contributed by atoms with Gasteiger partial charge in [0.15, 0.2) is 5.96 Å². The number of ether oxygens (including phenoxy) is 1. The highest BCUT2D eigenvalue weighted by molar-refractivity contribution is 9.10. The van der Waals surface area contributed by atoms with Crippen LogP contribution >= 0.6 is 15.9 Å². The summed E-state index contributed by atoms with van der Waals surface area (Å²) in [4.78, 5) is 6.66. The molecule has 0 aromatic heterocycles. The summed E-state index contributed by atoms with van der Waals surface area (Å²) in [5.41, 5.74) is 7.29. The van der Waals surface area contributed by atoms with Gasteiger partial charge in [0.1, 0.15) is 0 Å². The predicted octanol–water partition coefficient (Wildman–Crippen LogP) is 2.37. The zero-order valence-electron chi connectivity index (χ0n) is 12.1. The standard InChI is InChI=1S/C15H22BrN3O/c1-15(2,12-4-3-5-13(16)10-12)11-18-14(17)19-6-8-20-9-7-19/h3-5,10H,6-9,11H2,1-2H3,(H2,17,18). The number of halogens is 1. The van der Waals surface area contributed by atoms with Gasteiger partial charge in [0.05, 0.1) is 19.8 Å². The molecule has 0 bridgehead atoms. The van der Waals surface area contributed by atoms with Crippen molar-refractivity contribution in [1.82, 2.24) is 4.90 Å². The second-order valence-electron chi connectivity index (χ2n) is 5.67. The summed E-state index contributed by atoms with van der Waals surface area (Å²) in [6.07, 6.45) is 0. The van der Waals surface area contributed by atoms with E-state index in [1.807, 2.05) is 6.07 Å². The van der Waals surface area contributed by atoms with E-state index in [0.717, 1.165) is 30.8 Å². The van der Waals surface area contributed by atoms with Crippen molar-refractivity contribution in [3.63, 3.8) is 0 Å². The number of guanidine groups is 1. The Hall–Kier alpha value is -1.07. The van der Waals surface area contributed by atoms with E-state index >= 15 is 0 Å². The minimum atomic E-state index is -0.0410. The van der Waals surface area contributed by atoms with E-state index in [1.54, 1.807) is 0 Å². The fourth-order valence-electron chi connectivity index (χ4n) is 2.17. The van der Waals surface area contributed by atoms with Crippen LogP contribution < -0.4 is 5.73 Å². The first-order valence-electron chi connectivity index (χ1n) is 6.88. The number of nitrogens with two attached hydrogens (primary N) is 1. The van der Waals surface area contributed by atoms with Crippen molar-refractivity contribution in [3.05, 3.63) is 34.3 Å². The van der Waals surface area contributed by atoms with Gasteiger partial charge in [-0.15, -0.1) is 0 Å². The van der Waals surface area contributed by atoms with Crippen molar-refractivity contribution in [3.8, 4) is 0 Å². The Morgan fingerprint density at radius 2 is 2.10 bits per heavy atom. The Labute approximate surface area is 129 Å². The Morgan fingerprint density at radius 3 is 2.75 bits per heavy atom. The Bertz CT molecular complexity index is 482. The van der Waals surface area contributed by atoms with E-state index in [0.29, 0.717) is 12.5 Å². The summed E-state index contributed by atoms with van der Waals surface area (Å²) in [5, 5.41) is 0. The smallest absolute Gasteiger partial charge is 0.191 e. The quantitative estimate of drug-likeness (QED) is 0.679. The molecular weight excluding hydrogens is 318 g/mol. The molecule has 4 nitrogen and oxygen atoms in total. The summed E-state index contributed by atoms with van der Waals surface area (Å²) < 4.78 is 6.41. The first kappa shape index (κ1) is 15.3. The maximum atomic E-state index is 6.07. The Morgan fingerprint density at radius 1 is 1.40 bits per heavy atom. The lowest BCUT2D eigenvalue weighted by Crippen LogP contribution is -2.45.